The molecular formula is C19H19FN2O2. The van der Waals surface area contributed by atoms with Crippen LogP contribution in [-0.4, -0.2) is 24.4 Å². The molecule has 0 aromatic heterocycles. The average Bonchev–Trinajstić information content (AvgIpc) is 2.91. The molecule has 2 amide bonds. The highest BCUT2D eigenvalue weighted by molar-refractivity contribution is 5.99. The predicted molar refractivity (Wildman–Crippen MR) is 90.5 cm³/mol. The Balaban J connectivity index is 1.68. The molecule has 0 saturated carbocycles. The van der Waals surface area contributed by atoms with Crippen LogP contribution >= 0.6 is 0 Å². The van der Waals surface area contributed by atoms with Crippen molar-refractivity contribution in [2.24, 2.45) is 0 Å². The van der Waals surface area contributed by atoms with E-state index >= 15 is 0 Å². The number of nitrogens with zero attached hydrogens (tertiary/aromatic N) is 1. The zero-order valence-electron chi connectivity index (χ0n) is 13.7. The fourth-order valence-electron chi connectivity index (χ4n) is 2.83. The summed E-state index contributed by atoms with van der Waals surface area (Å²) in [6, 6.07) is 11.1. The lowest BCUT2D eigenvalue weighted by molar-refractivity contribution is -0.117. The average molecular weight is 326 g/mol. The third kappa shape index (κ3) is 3.30. The molecule has 3 rings (SSSR count). The summed E-state index contributed by atoms with van der Waals surface area (Å²) >= 11 is 0. The molecule has 124 valence electrons. The minimum Gasteiger partial charge on any atom is -0.347 e. The van der Waals surface area contributed by atoms with Gasteiger partial charge in [-0.1, -0.05) is 6.07 Å². The second kappa shape index (κ2) is 6.43. The lowest BCUT2D eigenvalue weighted by atomic mass is 10.1. The van der Waals surface area contributed by atoms with Crippen molar-refractivity contribution >= 4 is 17.5 Å². The van der Waals surface area contributed by atoms with Crippen molar-refractivity contribution in [1.29, 1.82) is 0 Å². The van der Waals surface area contributed by atoms with Crippen LogP contribution in [0.1, 0.15) is 27.9 Å². The molecule has 1 aliphatic rings. The largest absolute Gasteiger partial charge is 0.347 e. The van der Waals surface area contributed by atoms with Gasteiger partial charge in [0.1, 0.15) is 5.82 Å². The molecule has 0 radical (unpaired) electrons. The summed E-state index contributed by atoms with van der Waals surface area (Å²) in [6.07, 6.45) is 0.244. The summed E-state index contributed by atoms with van der Waals surface area (Å²) in [6.45, 7) is 4.34. The van der Waals surface area contributed by atoms with E-state index < -0.39 is 0 Å². The first-order chi connectivity index (χ1) is 11.4. The summed E-state index contributed by atoms with van der Waals surface area (Å²) in [5, 5.41) is 2.91. The van der Waals surface area contributed by atoms with Crippen molar-refractivity contribution in [2.45, 2.75) is 26.3 Å². The molecule has 0 aliphatic carbocycles. The quantitative estimate of drug-likeness (QED) is 0.943. The number of rotatable bonds is 3. The molecule has 1 fully saturated rings. The lowest BCUT2D eigenvalue weighted by Crippen LogP contribution is -2.37. The first kappa shape index (κ1) is 16.2. The number of benzene rings is 2. The van der Waals surface area contributed by atoms with Gasteiger partial charge in [-0.15, -0.1) is 0 Å². The maximum atomic E-state index is 13.0. The van der Waals surface area contributed by atoms with Crippen LogP contribution in [0.5, 0.6) is 0 Å². The van der Waals surface area contributed by atoms with Gasteiger partial charge in [0.2, 0.25) is 5.91 Å². The van der Waals surface area contributed by atoms with Crippen molar-refractivity contribution in [3.63, 3.8) is 0 Å². The summed E-state index contributed by atoms with van der Waals surface area (Å²) in [5.41, 5.74) is 3.42. The van der Waals surface area contributed by atoms with Crippen LogP contribution in [-0.2, 0) is 4.79 Å². The van der Waals surface area contributed by atoms with E-state index in [4.69, 9.17) is 0 Å². The van der Waals surface area contributed by atoms with Gasteiger partial charge in [-0.3, -0.25) is 9.59 Å². The minimum atomic E-state index is -0.343. The molecule has 2 aromatic rings. The molecule has 0 bridgehead atoms. The van der Waals surface area contributed by atoms with Gasteiger partial charge in [0, 0.05) is 24.2 Å². The number of hydrogen-bond donors (Lipinski definition) is 1. The molecule has 2 aromatic carbocycles. The van der Waals surface area contributed by atoms with E-state index in [1.807, 2.05) is 26.0 Å². The van der Waals surface area contributed by atoms with Crippen LogP contribution in [0.4, 0.5) is 10.1 Å². The van der Waals surface area contributed by atoms with Crippen LogP contribution in [0.25, 0.3) is 0 Å². The Hall–Kier alpha value is -2.69. The molecule has 1 atom stereocenters. The topological polar surface area (TPSA) is 49.4 Å². The van der Waals surface area contributed by atoms with Crippen molar-refractivity contribution in [3.05, 3.63) is 65.0 Å². The second-order valence-corrected chi connectivity index (χ2v) is 6.15. The Bertz CT molecular complexity index is 786. The Morgan fingerprint density at radius 1 is 1.12 bits per heavy atom. The van der Waals surface area contributed by atoms with Gasteiger partial charge < -0.3 is 10.2 Å². The standard InChI is InChI=1S/C19H19FN2O2/c1-12-3-4-14(9-13(12)2)19(24)21-16-10-18(23)22(11-16)17-7-5-15(20)6-8-17/h3-9,16H,10-11H2,1-2H3,(H,21,24)/t16-/m0/s1. The highest BCUT2D eigenvalue weighted by Gasteiger charge is 2.31. The number of aryl methyl sites for hydroxylation is 2. The van der Waals surface area contributed by atoms with Gasteiger partial charge in [0.25, 0.3) is 5.91 Å². The monoisotopic (exact) mass is 326 g/mol. The van der Waals surface area contributed by atoms with Crippen LogP contribution in [0, 0.1) is 19.7 Å². The van der Waals surface area contributed by atoms with Gasteiger partial charge in [0.15, 0.2) is 0 Å². The zero-order valence-corrected chi connectivity index (χ0v) is 13.7. The second-order valence-electron chi connectivity index (χ2n) is 6.15. The number of carbonyl (C=O) groups is 2. The maximum absolute atomic E-state index is 13.0. The lowest BCUT2D eigenvalue weighted by Gasteiger charge is -2.17. The molecule has 1 N–H and O–H groups in total. The SMILES string of the molecule is Cc1ccc(C(=O)N[C@H]2CC(=O)N(c3ccc(F)cc3)C2)cc1C. The van der Waals surface area contributed by atoms with E-state index in [0.717, 1.165) is 11.1 Å². The summed E-state index contributed by atoms with van der Waals surface area (Å²) < 4.78 is 13.0. The van der Waals surface area contributed by atoms with Crippen molar-refractivity contribution in [1.82, 2.24) is 5.32 Å². The Labute approximate surface area is 140 Å². The van der Waals surface area contributed by atoms with Crippen molar-refractivity contribution in [3.8, 4) is 0 Å². The number of halogens is 1. The number of hydrogen-bond acceptors (Lipinski definition) is 2. The molecule has 24 heavy (non-hydrogen) atoms. The van der Waals surface area contributed by atoms with E-state index in [-0.39, 0.29) is 30.1 Å². The highest BCUT2D eigenvalue weighted by atomic mass is 19.1. The van der Waals surface area contributed by atoms with E-state index in [2.05, 4.69) is 5.32 Å². The summed E-state index contributed by atoms with van der Waals surface area (Å²) in [4.78, 5) is 26.1. The summed E-state index contributed by atoms with van der Waals surface area (Å²) in [7, 11) is 0. The van der Waals surface area contributed by atoms with Crippen LogP contribution < -0.4 is 10.2 Å². The number of anilines is 1. The fourth-order valence-corrected chi connectivity index (χ4v) is 2.83. The molecule has 1 aliphatic heterocycles. The van der Waals surface area contributed by atoms with Crippen LogP contribution in [0.15, 0.2) is 42.5 Å². The molecule has 1 saturated heterocycles. The van der Waals surface area contributed by atoms with E-state index in [9.17, 15) is 14.0 Å². The number of carbonyl (C=O) groups excluding carboxylic acids is 2. The number of amides is 2. The van der Waals surface area contributed by atoms with Crippen LogP contribution in [0.2, 0.25) is 0 Å². The Morgan fingerprint density at radius 3 is 2.50 bits per heavy atom. The molecule has 4 nitrogen and oxygen atoms in total. The van der Waals surface area contributed by atoms with Crippen LogP contribution in [0.3, 0.4) is 0 Å². The molecule has 0 spiro atoms. The van der Waals surface area contributed by atoms with E-state index in [1.165, 1.54) is 12.1 Å². The van der Waals surface area contributed by atoms with Crippen molar-refractivity contribution in [2.75, 3.05) is 11.4 Å². The fraction of sp³-hybridized carbons (Fsp3) is 0.263. The zero-order chi connectivity index (χ0) is 17.3. The molecular weight excluding hydrogens is 307 g/mol. The Kier molecular flexibility index (Phi) is 4.34. The first-order valence-electron chi connectivity index (χ1n) is 7.88. The van der Waals surface area contributed by atoms with Crippen molar-refractivity contribution < 1.29 is 14.0 Å². The highest BCUT2D eigenvalue weighted by Crippen LogP contribution is 2.22. The third-order valence-electron chi connectivity index (χ3n) is 4.37. The molecule has 5 heteroatoms. The minimum absolute atomic E-state index is 0.0769. The van der Waals surface area contributed by atoms with E-state index in [1.54, 1.807) is 23.1 Å². The predicted octanol–water partition coefficient (Wildman–Crippen LogP) is 2.98. The number of nitrogens with one attached hydrogen (secondary N) is 1. The maximum Gasteiger partial charge on any atom is 0.251 e. The van der Waals surface area contributed by atoms with E-state index in [0.29, 0.717) is 17.8 Å². The smallest absolute Gasteiger partial charge is 0.251 e. The van der Waals surface area contributed by atoms with Gasteiger partial charge >= 0.3 is 0 Å². The first-order valence-corrected chi connectivity index (χ1v) is 7.88. The van der Waals surface area contributed by atoms with Gasteiger partial charge in [-0.25, -0.2) is 4.39 Å². The molecule has 0 unspecified atom stereocenters. The Morgan fingerprint density at radius 2 is 1.83 bits per heavy atom. The van der Waals surface area contributed by atoms with Gasteiger partial charge in [-0.05, 0) is 61.4 Å². The van der Waals surface area contributed by atoms with Gasteiger partial charge in [-0.2, -0.15) is 0 Å². The third-order valence-corrected chi connectivity index (χ3v) is 4.37. The normalized spacial score (nSPS) is 17.2. The molecule has 1 heterocycles. The summed E-state index contributed by atoms with van der Waals surface area (Å²) in [5.74, 6) is -0.603. The van der Waals surface area contributed by atoms with Gasteiger partial charge in [0.05, 0.1) is 6.04 Å².